The SMILES string of the molecule is CC(C)(C)c1ccc(N(c2ccc3c(c2)C(c2ccccc2)(c2ccccc2)c2ccccc2-3)c2ccc3nc(-c4ccc(-c5ccccc5)cc4)sc3c2)cc1. The van der Waals surface area contributed by atoms with Gasteiger partial charge in [-0.3, -0.25) is 0 Å². The molecule has 0 spiro atoms. The second kappa shape index (κ2) is 13.9. The Bertz CT molecular complexity index is 2810. The zero-order valence-corrected chi connectivity index (χ0v) is 33.2. The highest BCUT2D eigenvalue weighted by Gasteiger charge is 2.46. The van der Waals surface area contributed by atoms with Crippen LogP contribution in [0.3, 0.4) is 0 Å². The van der Waals surface area contributed by atoms with Crippen molar-refractivity contribution in [3.63, 3.8) is 0 Å². The maximum Gasteiger partial charge on any atom is 0.124 e. The third kappa shape index (κ3) is 5.98. The van der Waals surface area contributed by atoms with Gasteiger partial charge in [0.1, 0.15) is 5.01 Å². The molecule has 0 radical (unpaired) electrons. The molecule has 0 atom stereocenters. The van der Waals surface area contributed by atoms with Gasteiger partial charge in [0.25, 0.3) is 0 Å². The number of fused-ring (bicyclic) bond motifs is 4. The average Bonchev–Trinajstić information content (AvgIpc) is 3.82. The van der Waals surface area contributed by atoms with Crippen molar-refractivity contribution in [2.45, 2.75) is 31.6 Å². The Labute approximate surface area is 339 Å². The summed E-state index contributed by atoms with van der Waals surface area (Å²) >= 11 is 1.75. The second-order valence-electron chi connectivity index (χ2n) is 16.0. The van der Waals surface area contributed by atoms with Crippen LogP contribution in [0.25, 0.3) is 43.0 Å². The van der Waals surface area contributed by atoms with Gasteiger partial charge in [-0.05, 0) is 98.0 Å². The van der Waals surface area contributed by atoms with Gasteiger partial charge in [0.2, 0.25) is 0 Å². The number of anilines is 3. The molecular formula is C54H42N2S. The smallest absolute Gasteiger partial charge is 0.124 e. The predicted octanol–water partition coefficient (Wildman–Crippen LogP) is 14.8. The van der Waals surface area contributed by atoms with Crippen molar-refractivity contribution in [1.82, 2.24) is 4.98 Å². The fraction of sp³-hybridized carbons (Fsp3) is 0.0926. The molecule has 0 N–H and O–H groups in total. The number of nitrogens with zero attached hydrogens (tertiary/aromatic N) is 2. The van der Waals surface area contributed by atoms with Crippen molar-refractivity contribution in [1.29, 1.82) is 0 Å². The molecule has 0 saturated heterocycles. The molecule has 1 aliphatic rings. The molecule has 0 aliphatic heterocycles. The highest BCUT2D eigenvalue weighted by atomic mass is 32.1. The van der Waals surface area contributed by atoms with E-state index in [9.17, 15) is 0 Å². The van der Waals surface area contributed by atoms with Crippen molar-refractivity contribution >= 4 is 38.6 Å². The lowest BCUT2D eigenvalue weighted by molar-refractivity contribution is 0.590. The van der Waals surface area contributed by atoms with Crippen molar-refractivity contribution in [3.8, 4) is 32.8 Å². The number of hydrogen-bond acceptors (Lipinski definition) is 3. The van der Waals surface area contributed by atoms with Crippen LogP contribution in [-0.4, -0.2) is 4.98 Å². The summed E-state index contributed by atoms with van der Waals surface area (Å²) in [5.74, 6) is 0. The quantitative estimate of drug-likeness (QED) is 0.161. The maximum atomic E-state index is 5.13. The van der Waals surface area contributed by atoms with Crippen molar-refractivity contribution in [3.05, 3.63) is 228 Å². The van der Waals surface area contributed by atoms with Crippen LogP contribution in [0.2, 0.25) is 0 Å². The number of rotatable bonds is 7. The molecule has 1 heterocycles. The molecule has 0 bridgehead atoms. The summed E-state index contributed by atoms with van der Waals surface area (Å²) in [4.78, 5) is 7.55. The number of thiazole rings is 1. The number of benzene rings is 8. The first kappa shape index (κ1) is 34.9. The van der Waals surface area contributed by atoms with Gasteiger partial charge in [-0.2, -0.15) is 0 Å². The molecule has 0 fully saturated rings. The molecule has 2 nitrogen and oxygen atoms in total. The van der Waals surface area contributed by atoms with Crippen LogP contribution >= 0.6 is 11.3 Å². The Morgan fingerprint density at radius 1 is 0.456 bits per heavy atom. The van der Waals surface area contributed by atoms with Crippen LogP contribution in [0, 0.1) is 0 Å². The number of aromatic nitrogens is 1. The van der Waals surface area contributed by atoms with E-state index in [2.05, 4.69) is 226 Å². The molecule has 3 heteroatoms. The summed E-state index contributed by atoms with van der Waals surface area (Å²) in [7, 11) is 0. The van der Waals surface area contributed by atoms with Gasteiger partial charge in [0, 0.05) is 22.6 Å². The summed E-state index contributed by atoms with van der Waals surface area (Å²) in [5, 5.41) is 1.02. The Morgan fingerprint density at radius 3 is 1.65 bits per heavy atom. The molecule has 1 aliphatic carbocycles. The van der Waals surface area contributed by atoms with Gasteiger partial charge in [-0.1, -0.05) is 178 Å². The van der Waals surface area contributed by atoms with E-state index in [1.54, 1.807) is 11.3 Å². The first-order valence-electron chi connectivity index (χ1n) is 19.7. The molecule has 9 aromatic rings. The molecular weight excluding hydrogens is 709 g/mol. The van der Waals surface area contributed by atoms with E-state index in [0.29, 0.717) is 0 Å². The summed E-state index contributed by atoms with van der Waals surface area (Å²) in [5.41, 5.74) is 16.4. The lowest BCUT2D eigenvalue weighted by Gasteiger charge is -2.35. The lowest BCUT2D eigenvalue weighted by atomic mass is 9.67. The molecule has 0 saturated carbocycles. The first-order chi connectivity index (χ1) is 27.9. The molecule has 0 unspecified atom stereocenters. The van der Waals surface area contributed by atoms with E-state index in [0.717, 1.165) is 37.8 Å². The lowest BCUT2D eigenvalue weighted by Crippen LogP contribution is -2.28. The third-order valence-electron chi connectivity index (χ3n) is 11.6. The van der Waals surface area contributed by atoms with Crippen LogP contribution < -0.4 is 4.90 Å². The first-order valence-corrected chi connectivity index (χ1v) is 20.5. The predicted molar refractivity (Wildman–Crippen MR) is 241 cm³/mol. The van der Waals surface area contributed by atoms with E-state index in [4.69, 9.17) is 4.98 Å². The Balaban J connectivity index is 1.14. The standard InChI is InChI=1S/C54H42N2S/c1-53(2,3)40-27-29-43(30-28-40)56(45-32-34-50-51(36-45)57-52(55-50)39-25-23-38(24-26-39)37-15-7-4-8-16-37)44-31-33-47-46-21-13-14-22-48(46)54(49(47)35-44,41-17-9-5-10-18-41)42-19-11-6-12-20-42/h4-36H,1-3H3. The number of hydrogen-bond donors (Lipinski definition) is 0. The minimum atomic E-state index is -0.487. The zero-order chi connectivity index (χ0) is 38.6. The normalized spacial score (nSPS) is 13.0. The Kier molecular flexibility index (Phi) is 8.50. The average molecular weight is 751 g/mol. The monoisotopic (exact) mass is 750 g/mol. The van der Waals surface area contributed by atoms with E-state index >= 15 is 0 Å². The summed E-state index contributed by atoms with van der Waals surface area (Å²) in [6.07, 6.45) is 0. The van der Waals surface area contributed by atoms with E-state index < -0.39 is 5.41 Å². The van der Waals surface area contributed by atoms with Gasteiger partial charge in [-0.25, -0.2) is 4.98 Å². The van der Waals surface area contributed by atoms with Crippen molar-refractivity contribution in [2.75, 3.05) is 4.90 Å². The van der Waals surface area contributed by atoms with E-state index in [1.165, 1.54) is 50.1 Å². The molecule has 8 aromatic carbocycles. The highest BCUT2D eigenvalue weighted by molar-refractivity contribution is 7.21. The molecule has 0 amide bonds. The molecule has 274 valence electrons. The largest absolute Gasteiger partial charge is 0.310 e. The molecule has 57 heavy (non-hydrogen) atoms. The van der Waals surface area contributed by atoms with Gasteiger partial charge in [0.15, 0.2) is 0 Å². The minimum Gasteiger partial charge on any atom is -0.310 e. The molecule has 10 rings (SSSR count). The van der Waals surface area contributed by atoms with Crippen molar-refractivity contribution < 1.29 is 0 Å². The van der Waals surface area contributed by atoms with Crippen molar-refractivity contribution in [2.24, 2.45) is 0 Å². The van der Waals surface area contributed by atoms with Crippen LogP contribution in [0.4, 0.5) is 17.1 Å². The fourth-order valence-corrected chi connectivity index (χ4v) is 9.75. The van der Waals surface area contributed by atoms with Crippen LogP contribution in [0.5, 0.6) is 0 Å². The fourth-order valence-electron chi connectivity index (χ4n) is 8.74. The van der Waals surface area contributed by atoms with E-state index in [1.807, 2.05) is 0 Å². The Hall–Kier alpha value is -6.55. The van der Waals surface area contributed by atoms with Gasteiger partial charge < -0.3 is 4.90 Å². The summed E-state index contributed by atoms with van der Waals surface area (Å²) < 4.78 is 1.16. The zero-order valence-electron chi connectivity index (χ0n) is 32.4. The van der Waals surface area contributed by atoms with E-state index in [-0.39, 0.29) is 5.41 Å². The Morgan fingerprint density at radius 2 is 0.982 bits per heavy atom. The topological polar surface area (TPSA) is 16.1 Å². The molecule has 1 aromatic heterocycles. The second-order valence-corrected chi connectivity index (χ2v) is 17.0. The van der Waals surface area contributed by atoms with Gasteiger partial charge in [-0.15, -0.1) is 11.3 Å². The van der Waals surface area contributed by atoms with Gasteiger partial charge >= 0.3 is 0 Å². The van der Waals surface area contributed by atoms with Crippen LogP contribution in [0.1, 0.15) is 48.6 Å². The van der Waals surface area contributed by atoms with Gasteiger partial charge in [0.05, 0.1) is 15.6 Å². The van der Waals surface area contributed by atoms with Crippen LogP contribution in [0.15, 0.2) is 200 Å². The third-order valence-corrected chi connectivity index (χ3v) is 12.6. The van der Waals surface area contributed by atoms with Crippen LogP contribution in [-0.2, 0) is 10.8 Å². The highest BCUT2D eigenvalue weighted by Crippen LogP contribution is 2.57. The summed E-state index contributed by atoms with van der Waals surface area (Å²) in [6, 6.07) is 73.3. The maximum absolute atomic E-state index is 5.13. The minimum absolute atomic E-state index is 0.0466. The summed E-state index contributed by atoms with van der Waals surface area (Å²) in [6.45, 7) is 6.82.